The quantitative estimate of drug-likeness (QED) is 0.606. The number of rotatable bonds is 5. The summed E-state index contributed by atoms with van der Waals surface area (Å²) in [4.78, 5) is 21.1. The highest BCUT2D eigenvalue weighted by Gasteiger charge is 2.23. The Hall–Kier alpha value is -1.41. The zero-order chi connectivity index (χ0) is 16.4. The number of thiazole rings is 1. The van der Waals surface area contributed by atoms with Gasteiger partial charge in [0.2, 0.25) is 0 Å². The lowest BCUT2D eigenvalue weighted by Gasteiger charge is -2.20. The molecule has 128 valence electrons. The van der Waals surface area contributed by atoms with Crippen LogP contribution in [0.25, 0.3) is 10.2 Å². The first-order valence-corrected chi connectivity index (χ1v) is 8.72. The van der Waals surface area contributed by atoms with Crippen LogP contribution in [0.1, 0.15) is 10.6 Å². The highest BCUT2D eigenvalue weighted by molar-refractivity contribution is 9.10. The van der Waals surface area contributed by atoms with Gasteiger partial charge in [0.25, 0.3) is 5.91 Å². The third-order valence-electron chi connectivity index (χ3n) is 3.32. The predicted octanol–water partition coefficient (Wildman–Crippen LogP) is 4.28. The number of carbonyl (C=O) groups is 1. The van der Waals surface area contributed by atoms with Gasteiger partial charge < -0.3 is 9.32 Å². The summed E-state index contributed by atoms with van der Waals surface area (Å²) in [5.41, 5.74) is 0.885. The second-order valence-electron chi connectivity index (χ2n) is 5.35. The number of aromatic nitrogens is 1. The van der Waals surface area contributed by atoms with E-state index in [2.05, 4.69) is 20.9 Å². The molecule has 0 aliphatic carbocycles. The molecule has 5 nitrogen and oxygen atoms in total. The standard InChI is InChI=1S/C16H16BrN3O2S.ClH/c1-19(2)7-8-20(15(21)13-4-3-9-22-13)16-18-12-6-5-11(17)10-14(12)23-16;/h3-6,9-10H,7-8H2,1-2H3;1H. The van der Waals surface area contributed by atoms with Gasteiger partial charge in [0.15, 0.2) is 10.9 Å². The lowest BCUT2D eigenvalue weighted by atomic mass is 10.3. The normalized spacial score (nSPS) is 10.8. The van der Waals surface area contributed by atoms with E-state index in [9.17, 15) is 4.79 Å². The molecule has 24 heavy (non-hydrogen) atoms. The summed E-state index contributed by atoms with van der Waals surface area (Å²) in [5.74, 6) is 0.152. The Labute approximate surface area is 158 Å². The van der Waals surface area contributed by atoms with E-state index < -0.39 is 0 Å². The summed E-state index contributed by atoms with van der Waals surface area (Å²) in [5, 5.41) is 0.682. The summed E-state index contributed by atoms with van der Waals surface area (Å²) >= 11 is 4.97. The fourth-order valence-electron chi connectivity index (χ4n) is 2.12. The molecule has 1 amide bonds. The average Bonchev–Trinajstić information content (AvgIpc) is 3.15. The van der Waals surface area contributed by atoms with Gasteiger partial charge in [0.1, 0.15) is 0 Å². The largest absolute Gasteiger partial charge is 0.459 e. The number of carbonyl (C=O) groups excluding carboxylic acids is 1. The molecule has 0 unspecified atom stereocenters. The maximum atomic E-state index is 12.7. The molecule has 3 aromatic rings. The Morgan fingerprint density at radius 1 is 1.29 bits per heavy atom. The molecule has 0 fully saturated rings. The Morgan fingerprint density at radius 3 is 2.75 bits per heavy atom. The predicted molar refractivity (Wildman–Crippen MR) is 104 cm³/mol. The molecule has 0 aliphatic heterocycles. The fraction of sp³-hybridized carbons (Fsp3) is 0.250. The lowest BCUT2D eigenvalue weighted by Crippen LogP contribution is -2.36. The number of furan rings is 1. The Bertz CT molecular complexity index is 820. The summed E-state index contributed by atoms with van der Waals surface area (Å²) in [7, 11) is 3.95. The zero-order valence-corrected chi connectivity index (χ0v) is 16.4. The van der Waals surface area contributed by atoms with Crippen molar-refractivity contribution in [3.05, 3.63) is 46.8 Å². The number of anilines is 1. The summed E-state index contributed by atoms with van der Waals surface area (Å²) in [6.07, 6.45) is 1.51. The minimum atomic E-state index is -0.171. The van der Waals surface area contributed by atoms with Crippen molar-refractivity contribution in [2.45, 2.75) is 0 Å². The summed E-state index contributed by atoms with van der Waals surface area (Å²) in [6, 6.07) is 9.30. The van der Waals surface area contributed by atoms with Gasteiger partial charge in [-0.1, -0.05) is 27.3 Å². The van der Waals surface area contributed by atoms with E-state index in [4.69, 9.17) is 4.42 Å². The van der Waals surface area contributed by atoms with Crippen molar-refractivity contribution in [2.75, 3.05) is 32.1 Å². The monoisotopic (exact) mass is 429 g/mol. The maximum absolute atomic E-state index is 12.7. The van der Waals surface area contributed by atoms with E-state index in [-0.39, 0.29) is 18.3 Å². The van der Waals surface area contributed by atoms with E-state index in [1.54, 1.807) is 17.0 Å². The molecule has 0 radical (unpaired) electrons. The number of halogens is 2. The first-order chi connectivity index (χ1) is 11.0. The number of amides is 1. The van der Waals surface area contributed by atoms with Crippen LogP contribution in [0.4, 0.5) is 5.13 Å². The highest BCUT2D eigenvalue weighted by atomic mass is 79.9. The molecule has 2 aromatic heterocycles. The van der Waals surface area contributed by atoms with E-state index in [0.717, 1.165) is 21.2 Å². The summed E-state index contributed by atoms with van der Waals surface area (Å²) in [6.45, 7) is 1.29. The van der Waals surface area contributed by atoms with Gasteiger partial charge in [-0.25, -0.2) is 4.98 Å². The van der Waals surface area contributed by atoms with E-state index in [1.807, 2.05) is 37.2 Å². The van der Waals surface area contributed by atoms with Crippen molar-refractivity contribution in [1.29, 1.82) is 0 Å². The lowest BCUT2D eigenvalue weighted by molar-refractivity contribution is 0.0958. The molecule has 0 spiro atoms. The Balaban J connectivity index is 0.00000208. The highest BCUT2D eigenvalue weighted by Crippen LogP contribution is 2.31. The van der Waals surface area contributed by atoms with Gasteiger partial charge in [-0.15, -0.1) is 12.4 Å². The number of hydrogen-bond donors (Lipinski definition) is 0. The molecular weight excluding hydrogens is 414 g/mol. The van der Waals surface area contributed by atoms with Crippen LogP contribution in [-0.4, -0.2) is 43.0 Å². The zero-order valence-electron chi connectivity index (χ0n) is 13.2. The minimum absolute atomic E-state index is 0. The van der Waals surface area contributed by atoms with E-state index in [1.165, 1.54) is 17.6 Å². The van der Waals surface area contributed by atoms with Crippen molar-refractivity contribution in [3.8, 4) is 0 Å². The van der Waals surface area contributed by atoms with Gasteiger partial charge in [0.05, 0.1) is 16.5 Å². The number of fused-ring (bicyclic) bond motifs is 1. The molecule has 0 atom stereocenters. The molecule has 0 saturated heterocycles. The Morgan fingerprint density at radius 2 is 2.08 bits per heavy atom. The molecule has 0 N–H and O–H groups in total. The molecule has 0 saturated carbocycles. The number of nitrogens with zero attached hydrogens (tertiary/aromatic N) is 3. The van der Waals surface area contributed by atoms with E-state index in [0.29, 0.717) is 17.4 Å². The van der Waals surface area contributed by atoms with Crippen LogP contribution in [0.5, 0.6) is 0 Å². The summed E-state index contributed by atoms with van der Waals surface area (Å²) < 4.78 is 7.30. The van der Waals surface area contributed by atoms with Crippen molar-refractivity contribution < 1.29 is 9.21 Å². The van der Waals surface area contributed by atoms with E-state index >= 15 is 0 Å². The number of hydrogen-bond acceptors (Lipinski definition) is 5. The van der Waals surface area contributed by atoms with Crippen LogP contribution >= 0.6 is 39.7 Å². The van der Waals surface area contributed by atoms with Crippen LogP contribution in [-0.2, 0) is 0 Å². The van der Waals surface area contributed by atoms with Gasteiger partial charge in [-0.3, -0.25) is 9.69 Å². The molecule has 2 heterocycles. The molecular formula is C16H17BrClN3O2S. The van der Waals surface area contributed by atoms with Crippen molar-refractivity contribution >= 4 is 60.9 Å². The first-order valence-electron chi connectivity index (χ1n) is 7.11. The molecule has 0 bridgehead atoms. The fourth-order valence-corrected chi connectivity index (χ4v) is 3.66. The van der Waals surface area contributed by atoms with Crippen LogP contribution in [0, 0.1) is 0 Å². The van der Waals surface area contributed by atoms with Crippen LogP contribution < -0.4 is 4.90 Å². The van der Waals surface area contributed by atoms with Gasteiger partial charge in [-0.2, -0.15) is 0 Å². The molecule has 0 aliphatic rings. The second-order valence-corrected chi connectivity index (χ2v) is 7.27. The molecule has 3 rings (SSSR count). The van der Waals surface area contributed by atoms with Gasteiger partial charge >= 0.3 is 0 Å². The van der Waals surface area contributed by atoms with Crippen LogP contribution in [0.3, 0.4) is 0 Å². The smallest absolute Gasteiger partial charge is 0.295 e. The molecule has 1 aromatic carbocycles. The van der Waals surface area contributed by atoms with Crippen molar-refractivity contribution in [2.24, 2.45) is 0 Å². The Kier molecular flexibility index (Phi) is 6.40. The van der Waals surface area contributed by atoms with Crippen molar-refractivity contribution in [3.63, 3.8) is 0 Å². The minimum Gasteiger partial charge on any atom is -0.459 e. The number of benzene rings is 1. The third kappa shape index (κ3) is 4.16. The van der Waals surface area contributed by atoms with Crippen molar-refractivity contribution in [1.82, 2.24) is 9.88 Å². The van der Waals surface area contributed by atoms with Gasteiger partial charge in [0, 0.05) is 17.6 Å². The topological polar surface area (TPSA) is 49.6 Å². The second kappa shape index (κ2) is 8.11. The SMILES string of the molecule is CN(C)CCN(C(=O)c1ccco1)c1nc2ccc(Br)cc2s1.Cl. The first kappa shape index (κ1) is 18.9. The number of likely N-dealkylation sites (N-methyl/N-ethyl adjacent to an activating group) is 1. The molecule has 8 heteroatoms. The van der Waals surface area contributed by atoms with Gasteiger partial charge in [-0.05, 0) is 44.4 Å². The third-order valence-corrected chi connectivity index (χ3v) is 4.85. The maximum Gasteiger partial charge on any atom is 0.295 e. The average molecular weight is 431 g/mol. The van der Waals surface area contributed by atoms with Crippen LogP contribution in [0.2, 0.25) is 0 Å². The van der Waals surface area contributed by atoms with Crippen LogP contribution in [0.15, 0.2) is 45.5 Å².